The molecule has 0 aromatic heterocycles. The minimum absolute atomic E-state index is 0.400. The number of unbranched alkanes of at least 4 members (excludes halogenated alkanes) is 1. The van der Waals surface area contributed by atoms with Crippen LogP contribution in [0.1, 0.15) is 38.5 Å². The van der Waals surface area contributed by atoms with Crippen LogP contribution in [0.15, 0.2) is 12.7 Å². The third-order valence-electron chi connectivity index (χ3n) is 3.10. The molecule has 0 radical (unpaired) electrons. The van der Waals surface area contributed by atoms with Crippen molar-refractivity contribution < 1.29 is 4.74 Å². The van der Waals surface area contributed by atoms with Gasteiger partial charge in [0.15, 0.2) is 0 Å². The van der Waals surface area contributed by atoms with Gasteiger partial charge in [-0.15, -0.1) is 6.58 Å². The van der Waals surface area contributed by atoms with Gasteiger partial charge in [0.25, 0.3) is 0 Å². The molecule has 0 aliphatic heterocycles. The van der Waals surface area contributed by atoms with E-state index in [0.717, 1.165) is 31.8 Å². The van der Waals surface area contributed by atoms with Crippen molar-refractivity contribution in [3.05, 3.63) is 12.7 Å². The second-order valence-electron chi connectivity index (χ2n) is 4.35. The smallest absolute Gasteiger partial charge is 0.0530 e. The SMILES string of the molecule is C=CCCCOCC1(CS)CCCC1. The van der Waals surface area contributed by atoms with Gasteiger partial charge in [0, 0.05) is 12.0 Å². The topological polar surface area (TPSA) is 9.23 Å². The van der Waals surface area contributed by atoms with Crippen molar-refractivity contribution >= 4 is 12.6 Å². The highest BCUT2D eigenvalue weighted by Gasteiger charge is 2.32. The molecule has 1 aliphatic carbocycles. The van der Waals surface area contributed by atoms with E-state index in [0.29, 0.717) is 5.41 Å². The molecule has 0 heterocycles. The molecular formula is C12H22OS. The number of rotatable bonds is 7. The summed E-state index contributed by atoms with van der Waals surface area (Å²) in [5.41, 5.74) is 0.400. The van der Waals surface area contributed by atoms with Gasteiger partial charge in [-0.2, -0.15) is 12.6 Å². The molecule has 1 fully saturated rings. The molecule has 0 atom stereocenters. The van der Waals surface area contributed by atoms with Crippen LogP contribution >= 0.6 is 12.6 Å². The highest BCUT2D eigenvalue weighted by atomic mass is 32.1. The summed E-state index contributed by atoms with van der Waals surface area (Å²) >= 11 is 4.45. The fraction of sp³-hybridized carbons (Fsp3) is 0.833. The maximum atomic E-state index is 5.72. The zero-order valence-corrected chi connectivity index (χ0v) is 9.90. The van der Waals surface area contributed by atoms with E-state index in [2.05, 4.69) is 19.2 Å². The van der Waals surface area contributed by atoms with Crippen LogP contribution in [0.5, 0.6) is 0 Å². The average molecular weight is 214 g/mol. The maximum absolute atomic E-state index is 5.72. The van der Waals surface area contributed by atoms with Crippen LogP contribution in [0.2, 0.25) is 0 Å². The quantitative estimate of drug-likeness (QED) is 0.388. The molecule has 1 aliphatic rings. The standard InChI is InChI=1S/C12H22OS/c1-2-3-6-9-13-10-12(11-14)7-4-5-8-12/h2,14H,1,3-11H2. The number of allylic oxidation sites excluding steroid dienone is 1. The molecule has 82 valence electrons. The van der Waals surface area contributed by atoms with E-state index < -0.39 is 0 Å². The summed E-state index contributed by atoms with van der Waals surface area (Å²) in [5, 5.41) is 0. The minimum atomic E-state index is 0.400. The first-order chi connectivity index (χ1) is 6.83. The molecule has 0 aromatic carbocycles. The van der Waals surface area contributed by atoms with Gasteiger partial charge < -0.3 is 4.74 Å². The number of thiol groups is 1. The first-order valence-corrected chi connectivity index (χ1v) is 6.26. The molecular weight excluding hydrogens is 192 g/mol. The van der Waals surface area contributed by atoms with Crippen LogP contribution in [-0.4, -0.2) is 19.0 Å². The molecule has 0 spiro atoms. The van der Waals surface area contributed by atoms with Crippen LogP contribution in [0.25, 0.3) is 0 Å². The fourth-order valence-corrected chi connectivity index (χ4v) is 2.50. The Balaban J connectivity index is 2.11. The molecule has 0 unspecified atom stereocenters. The monoisotopic (exact) mass is 214 g/mol. The lowest BCUT2D eigenvalue weighted by Crippen LogP contribution is -2.25. The molecule has 14 heavy (non-hydrogen) atoms. The lowest BCUT2D eigenvalue weighted by Gasteiger charge is -2.26. The Bertz CT molecular complexity index is 162. The molecule has 1 rings (SSSR count). The second kappa shape index (κ2) is 6.52. The molecule has 2 heteroatoms. The summed E-state index contributed by atoms with van der Waals surface area (Å²) in [7, 11) is 0. The first kappa shape index (κ1) is 12.1. The molecule has 1 nitrogen and oxygen atoms in total. The molecule has 0 amide bonds. The van der Waals surface area contributed by atoms with Gasteiger partial charge in [-0.25, -0.2) is 0 Å². The van der Waals surface area contributed by atoms with Gasteiger partial charge in [0.2, 0.25) is 0 Å². The third kappa shape index (κ3) is 3.66. The van der Waals surface area contributed by atoms with E-state index in [-0.39, 0.29) is 0 Å². The Morgan fingerprint density at radius 3 is 2.64 bits per heavy atom. The minimum Gasteiger partial charge on any atom is -0.381 e. The van der Waals surface area contributed by atoms with Gasteiger partial charge in [0.05, 0.1) is 6.61 Å². The number of ether oxygens (including phenoxy) is 1. The van der Waals surface area contributed by atoms with Crippen molar-refractivity contribution in [1.29, 1.82) is 0 Å². The molecule has 0 aromatic rings. The van der Waals surface area contributed by atoms with E-state index in [4.69, 9.17) is 4.74 Å². The largest absolute Gasteiger partial charge is 0.381 e. The van der Waals surface area contributed by atoms with Crippen LogP contribution in [-0.2, 0) is 4.74 Å². The highest BCUT2D eigenvalue weighted by molar-refractivity contribution is 7.80. The van der Waals surface area contributed by atoms with Crippen molar-refractivity contribution in [2.75, 3.05) is 19.0 Å². The Hall–Kier alpha value is 0.0500. The van der Waals surface area contributed by atoms with Gasteiger partial charge >= 0.3 is 0 Å². The van der Waals surface area contributed by atoms with Crippen molar-refractivity contribution in [2.24, 2.45) is 5.41 Å². The van der Waals surface area contributed by atoms with Crippen LogP contribution in [0, 0.1) is 5.41 Å². The molecule has 0 N–H and O–H groups in total. The van der Waals surface area contributed by atoms with Crippen LogP contribution in [0.3, 0.4) is 0 Å². The fourth-order valence-electron chi connectivity index (χ4n) is 2.09. The van der Waals surface area contributed by atoms with E-state index in [1.807, 2.05) is 6.08 Å². The molecule has 1 saturated carbocycles. The molecule has 0 saturated heterocycles. The summed E-state index contributed by atoms with van der Waals surface area (Å²) < 4.78 is 5.72. The lowest BCUT2D eigenvalue weighted by molar-refractivity contribution is 0.0580. The van der Waals surface area contributed by atoms with E-state index in [1.165, 1.54) is 25.7 Å². The number of hydrogen-bond acceptors (Lipinski definition) is 2. The average Bonchev–Trinajstić information content (AvgIpc) is 2.67. The van der Waals surface area contributed by atoms with Gasteiger partial charge in [-0.05, 0) is 31.4 Å². The van der Waals surface area contributed by atoms with Crippen molar-refractivity contribution in [1.82, 2.24) is 0 Å². The van der Waals surface area contributed by atoms with Gasteiger partial charge in [0.1, 0.15) is 0 Å². The molecule has 0 bridgehead atoms. The number of hydrogen-bond donors (Lipinski definition) is 1. The summed E-state index contributed by atoms with van der Waals surface area (Å²) in [4.78, 5) is 0. The third-order valence-corrected chi connectivity index (χ3v) is 3.78. The first-order valence-electron chi connectivity index (χ1n) is 5.62. The normalized spacial score (nSPS) is 19.8. The van der Waals surface area contributed by atoms with Crippen molar-refractivity contribution in [3.63, 3.8) is 0 Å². The van der Waals surface area contributed by atoms with E-state index >= 15 is 0 Å². The summed E-state index contributed by atoms with van der Waals surface area (Å²) in [6, 6.07) is 0. The summed E-state index contributed by atoms with van der Waals surface area (Å²) in [6.45, 7) is 5.48. The van der Waals surface area contributed by atoms with Crippen LogP contribution in [0.4, 0.5) is 0 Å². The van der Waals surface area contributed by atoms with Crippen molar-refractivity contribution in [3.8, 4) is 0 Å². The summed E-state index contributed by atoms with van der Waals surface area (Å²) in [6.07, 6.45) is 9.44. The Kier molecular flexibility index (Phi) is 5.64. The summed E-state index contributed by atoms with van der Waals surface area (Å²) in [5.74, 6) is 0.981. The lowest BCUT2D eigenvalue weighted by atomic mass is 9.90. The van der Waals surface area contributed by atoms with Gasteiger partial charge in [-0.3, -0.25) is 0 Å². The zero-order valence-electron chi connectivity index (χ0n) is 9.00. The Labute approximate surface area is 93.3 Å². The van der Waals surface area contributed by atoms with Gasteiger partial charge in [-0.1, -0.05) is 18.9 Å². The Morgan fingerprint density at radius 2 is 2.07 bits per heavy atom. The van der Waals surface area contributed by atoms with E-state index in [9.17, 15) is 0 Å². The maximum Gasteiger partial charge on any atom is 0.0530 e. The second-order valence-corrected chi connectivity index (χ2v) is 4.66. The van der Waals surface area contributed by atoms with Crippen molar-refractivity contribution in [2.45, 2.75) is 38.5 Å². The highest BCUT2D eigenvalue weighted by Crippen LogP contribution is 2.39. The zero-order chi connectivity index (χ0) is 10.3. The predicted octanol–water partition coefficient (Wildman–Crippen LogP) is 3.46. The van der Waals surface area contributed by atoms with Crippen LogP contribution < -0.4 is 0 Å². The predicted molar refractivity (Wildman–Crippen MR) is 65.0 cm³/mol. The van der Waals surface area contributed by atoms with E-state index in [1.54, 1.807) is 0 Å². The Morgan fingerprint density at radius 1 is 1.36 bits per heavy atom.